The third kappa shape index (κ3) is 5.64. The van der Waals surface area contributed by atoms with Crippen LogP contribution in [0, 0.1) is 0 Å². The molecule has 0 radical (unpaired) electrons. The van der Waals surface area contributed by atoms with Gasteiger partial charge in [0.2, 0.25) is 0 Å². The SMILES string of the molecule is CCOC(=O)N1CCC(OC(c2ccc(Cl)cc2)c2cc(C(F)(F)F)ccn2)CC1. The molecule has 162 valence electrons. The molecule has 1 saturated heterocycles. The van der Waals surface area contributed by atoms with Gasteiger partial charge in [0.25, 0.3) is 0 Å². The lowest BCUT2D eigenvalue weighted by molar-refractivity contribution is -0.137. The van der Waals surface area contributed by atoms with Crippen molar-refractivity contribution in [2.45, 2.75) is 38.1 Å². The van der Waals surface area contributed by atoms with Crippen molar-refractivity contribution in [2.24, 2.45) is 0 Å². The molecule has 1 fully saturated rings. The summed E-state index contributed by atoms with van der Waals surface area (Å²) in [4.78, 5) is 17.6. The van der Waals surface area contributed by atoms with Crippen molar-refractivity contribution in [1.29, 1.82) is 0 Å². The molecule has 0 aliphatic carbocycles. The van der Waals surface area contributed by atoms with Crippen molar-refractivity contribution in [3.8, 4) is 0 Å². The van der Waals surface area contributed by atoms with Gasteiger partial charge in [-0.3, -0.25) is 4.98 Å². The van der Waals surface area contributed by atoms with Crippen LogP contribution < -0.4 is 0 Å². The molecule has 1 atom stereocenters. The molecular formula is C21H22ClF3N2O3. The maximum atomic E-state index is 13.2. The van der Waals surface area contributed by atoms with Crippen molar-refractivity contribution < 1.29 is 27.4 Å². The van der Waals surface area contributed by atoms with Crippen LogP contribution in [0.2, 0.25) is 5.02 Å². The molecule has 0 N–H and O–H groups in total. The average molecular weight is 443 g/mol. The number of nitrogens with zero attached hydrogens (tertiary/aromatic N) is 2. The molecule has 1 aliphatic rings. The van der Waals surface area contributed by atoms with Gasteiger partial charge in [0.05, 0.1) is 24.0 Å². The summed E-state index contributed by atoms with van der Waals surface area (Å²) in [5, 5.41) is 0.511. The topological polar surface area (TPSA) is 51.7 Å². The molecule has 2 aromatic rings. The second-order valence-corrected chi connectivity index (χ2v) is 7.36. The molecule has 5 nitrogen and oxygen atoms in total. The third-order valence-corrected chi connectivity index (χ3v) is 5.10. The van der Waals surface area contributed by atoms with Gasteiger partial charge >= 0.3 is 12.3 Å². The van der Waals surface area contributed by atoms with E-state index in [1.807, 2.05) is 0 Å². The van der Waals surface area contributed by atoms with E-state index >= 15 is 0 Å². The van der Waals surface area contributed by atoms with Gasteiger partial charge in [-0.1, -0.05) is 23.7 Å². The minimum absolute atomic E-state index is 0.167. The highest BCUT2D eigenvalue weighted by molar-refractivity contribution is 6.30. The fraction of sp³-hybridized carbons (Fsp3) is 0.429. The van der Waals surface area contributed by atoms with Gasteiger partial charge in [0, 0.05) is 24.3 Å². The van der Waals surface area contributed by atoms with Gasteiger partial charge in [0.1, 0.15) is 6.10 Å². The number of amides is 1. The molecule has 9 heteroatoms. The molecule has 2 heterocycles. The third-order valence-electron chi connectivity index (χ3n) is 4.85. The number of aromatic nitrogens is 1. The van der Waals surface area contributed by atoms with Crippen LogP contribution in [0.1, 0.15) is 42.7 Å². The largest absolute Gasteiger partial charge is 0.450 e. The average Bonchev–Trinajstić information content (AvgIpc) is 2.73. The second-order valence-electron chi connectivity index (χ2n) is 6.92. The molecule has 0 bridgehead atoms. The lowest BCUT2D eigenvalue weighted by Crippen LogP contribution is -2.41. The van der Waals surface area contributed by atoms with Crippen LogP contribution in [-0.2, 0) is 15.7 Å². The number of carbonyl (C=O) groups excluding carboxylic acids is 1. The van der Waals surface area contributed by atoms with Crippen molar-refractivity contribution in [1.82, 2.24) is 9.88 Å². The minimum Gasteiger partial charge on any atom is -0.450 e. The fourth-order valence-corrected chi connectivity index (χ4v) is 3.43. The molecular weight excluding hydrogens is 421 g/mol. The van der Waals surface area contributed by atoms with Gasteiger partial charge in [-0.15, -0.1) is 0 Å². The molecule has 1 amide bonds. The summed E-state index contributed by atoms with van der Waals surface area (Å²) in [6.07, 6.45) is -3.66. The molecule has 3 rings (SSSR count). The number of rotatable bonds is 5. The van der Waals surface area contributed by atoms with Crippen molar-refractivity contribution in [3.05, 3.63) is 64.4 Å². The zero-order valence-corrected chi connectivity index (χ0v) is 17.1. The van der Waals surface area contributed by atoms with Gasteiger partial charge in [-0.05, 0) is 49.6 Å². The van der Waals surface area contributed by atoms with E-state index in [1.54, 1.807) is 36.1 Å². The number of hydrogen-bond donors (Lipinski definition) is 0. The first-order valence-electron chi connectivity index (χ1n) is 9.63. The molecule has 1 aromatic carbocycles. The number of piperidine rings is 1. The highest BCUT2D eigenvalue weighted by Crippen LogP contribution is 2.34. The first kappa shape index (κ1) is 22.4. The van der Waals surface area contributed by atoms with E-state index < -0.39 is 17.8 Å². The Kier molecular flexibility index (Phi) is 7.20. The van der Waals surface area contributed by atoms with Crippen LogP contribution in [0.15, 0.2) is 42.6 Å². The highest BCUT2D eigenvalue weighted by atomic mass is 35.5. The fourth-order valence-electron chi connectivity index (χ4n) is 3.31. The summed E-state index contributed by atoms with van der Waals surface area (Å²) in [6, 6.07) is 8.67. The Morgan fingerprint density at radius 1 is 1.23 bits per heavy atom. The zero-order chi connectivity index (χ0) is 21.7. The number of alkyl halides is 3. The molecule has 30 heavy (non-hydrogen) atoms. The Morgan fingerprint density at radius 2 is 1.90 bits per heavy atom. The quantitative estimate of drug-likeness (QED) is 0.615. The van der Waals surface area contributed by atoms with E-state index in [9.17, 15) is 18.0 Å². The summed E-state index contributed by atoms with van der Waals surface area (Å²) < 4.78 is 50.8. The van der Waals surface area contributed by atoms with Crippen LogP contribution in [0.3, 0.4) is 0 Å². The van der Waals surface area contributed by atoms with Crippen molar-refractivity contribution in [2.75, 3.05) is 19.7 Å². The lowest BCUT2D eigenvalue weighted by Gasteiger charge is -2.33. The zero-order valence-electron chi connectivity index (χ0n) is 16.4. The number of halogens is 4. The minimum atomic E-state index is -4.48. The lowest BCUT2D eigenvalue weighted by atomic mass is 10.0. The van der Waals surface area contributed by atoms with E-state index in [0.717, 1.165) is 18.3 Å². The van der Waals surface area contributed by atoms with E-state index in [4.69, 9.17) is 21.1 Å². The molecule has 1 aromatic heterocycles. The summed E-state index contributed by atoms with van der Waals surface area (Å²) in [5.74, 6) is 0. The van der Waals surface area contributed by atoms with Crippen LogP contribution in [0.4, 0.5) is 18.0 Å². The van der Waals surface area contributed by atoms with E-state index in [2.05, 4.69) is 4.98 Å². The summed E-state index contributed by atoms with van der Waals surface area (Å²) >= 11 is 5.96. The van der Waals surface area contributed by atoms with Crippen LogP contribution >= 0.6 is 11.6 Å². The molecule has 1 aliphatic heterocycles. The normalized spacial score (nSPS) is 16.4. The molecule has 0 spiro atoms. The van der Waals surface area contributed by atoms with Crippen LogP contribution in [0.5, 0.6) is 0 Å². The maximum absolute atomic E-state index is 13.2. The molecule has 0 saturated carbocycles. The van der Waals surface area contributed by atoms with Crippen molar-refractivity contribution >= 4 is 17.7 Å². The second kappa shape index (κ2) is 9.66. The predicted octanol–water partition coefficient (Wildman–Crippen LogP) is 5.48. The standard InChI is InChI=1S/C21H22ClF3N2O3/c1-2-29-20(28)27-11-8-17(9-12-27)30-19(14-3-5-16(22)6-4-14)18-13-15(7-10-26-18)21(23,24)25/h3-7,10,13,17,19H,2,8-9,11-12H2,1H3. The summed E-state index contributed by atoms with van der Waals surface area (Å²) in [5.41, 5.74) is 0.0335. The predicted molar refractivity (Wildman–Crippen MR) is 105 cm³/mol. The van der Waals surface area contributed by atoms with Gasteiger partial charge < -0.3 is 14.4 Å². The molecule has 1 unspecified atom stereocenters. The Labute approximate surface area is 177 Å². The first-order chi connectivity index (χ1) is 14.3. The Balaban J connectivity index is 1.80. The summed E-state index contributed by atoms with van der Waals surface area (Å²) in [7, 11) is 0. The van der Waals surface area contributed by atoms with Gasteiger partial charge in [-0.25, -0.2) is 4.79 Å². The van der Waals surface area contributed by atoms with Crippen LogP contribution in [0.25, 0.3) is 0 Å². The van der Waals surface area contributed by atoms with Crippen LogP contribution in [-0.4, -0.2) is 41.8 Å². The van der Waals surface area contributed by atoms with Gasteiger partial charge in [0.15, 0.2) is 0 Å². The number of likely N-dealkylation sites (tertiary alicyclic amines) is 1. The first-order valence-corrected chi connectivity index (χ1v) is 10.0. The van der Waals surface area contributed by atoms with E-state index in [0.29, 0.717) is 43.1 Å². The number of ether oxygens (including phenoxy) is 2. The number of benzene rings is 1. The van der Waals surface area contributed by atoms with Crippen molar-refractivity contribution in [3.63, 3.8) is 0 Å². The Bertz CT molecular complexity index is 853. The monoisotopic (exact) mass is 442 g/mol. The number of pyridine rings is 1. The smallest absolute Gasteiger partial charge is 0.416 e. The Morgan fingerprint density at radius 3 is 2.50 bits per heavy atom. The van der Waals surface area contributed by atoms with Gasteiger partial charge in [-0.2, -0.15) is 13.2 Å². The maximum Gasteiger partial charge on any atom is 0.416 e. The van der Waals surface area contributed by atoms with E-state index in [1.165, 1.54) is 0 Å². The number of carbonyl (C=O) groups is 1. The Hall–Kier alpha value is -2.32. The van der Waals surface area contributed by atoms with E-state index in [-0.39, 0.29) is 17.9 Å². The summed E-state index contributed by atoms with van der Waals surface area (Å²) in [6.45, 7) is 2.95. The number of hydrogen-bond acceptors (Lipinski definition) is 4. The highest BCUT2D eigenvalue weighted by Gasteiger charge is 2.33.